The minimum Gasteiger partial charge on any atom is -0.347 e. The standard InChI is InChI=1S/C17H24N2/c1-11-9-12(2)16-13(3)17(19(4)15(16)10-11)14-5-7-18-8-6-14/h9-10,14,18H,5-8H2,1-4H3. The second-order valence-corrected chi connectivity index (χ2v) is 6.07. The first-order valence-corrected chi connectivity index (χ1v) is 7.36. The van der Waals surface area contributed by atoms with Crippen molar-refractivity contribution in [2.24, 2.45) is 7.05 Å². The molecule has 0 radical (unpaired) electrons. The summed E-state index contributed by atoms with van der Waals surface area (Å²) in [6.07, 6.45) is 2.53. The first kappa shape index (κ1) is 12.7. The van der Waals surface area contributed by atoms with Crippen molar-refractivity contribution >= 4 is 10.9 Å². The summed E-state index contributed by atoms with van der Waals surface area (Å²) in [5.74, 6) is 0.721. The molecule has 1 saturated heterocycles. The highest BCUT2D eigenvalue weighted by Crippen LogP contribution is 2.36. The Balaban J connectivity index is 2.22. The van der Waals surface area contributed by atoms with Crippen molar-refractivity contribution in [3.05, 3.63) is 34.5 Å². The summed E-state index contributed by atoms with van der Waals surface area (Å²) < 4.78 is 2.45. The van der Waals surface area contributed by atoms with Crippen LogP contribution in [-0.2, 0) is 7.05 Å². The van der Waals surface area contributed by atoms with Gasteiger partial charge in [0.2, 0.25) is 0 Å². The van der Waals surface area contributed by atoms with Gasteiger partial charge in [-0.05, 0) is 69.5 Å². The molecule has 1 N–H and O–H groups in total. The van der Waals surface area contributed by atoms with Gasteiger partial charge >= 0.3 is 0 Å². The highest BCUT2D eigenvalue weighted by atomic mass is 15.0. The van der Waals surface area contributed by atoms with E-state index in [9.17, 15) is 0 Å². The molecule has 2 aromatic rings. The van der Waals surface area contributed by atoms with Crippen LogP contribution in [0.3, 0.4) is 0 Å². The van der Waals surface area contributed by atoms with E-state index in [-0.39, 0.29) is 0 Å². The van der Waals surface area contributed by atoms with E-state index < -0.39 is 0 Å². The molecule has 0 amide bonds. The van der Waals surface area contributed by atoms with Crippen molar-refractivity contribution in [2.75, 3.05) is 13.1 Å². The second kappa shape index (κ2) is 4.68. The van der Waals surface area contributed by atoms with Gasteiger partial charge in [-0.1, -0.05) is 6.07 Å². The average Bonchev–Trinajstić information content (AvgIpc) is 2.62. The lowest BCUT2D eigenvalue weighted by molar-refractivity contribution is 0.445. The van der Waals surface area contributed by atoms with Gasteiger partial charge in [-0.3, -0.25) is 0 Å². The zero-order valence-electron chi connectivity index (χ0n) is 12.5. The third-order valence-corrected chi connectivity index (χ3v) is 4.67. The molecular weight excluding hydrogens is 232 g/mol. The van der Waals surface area contributed by atoms with Crippen molar-refractivity contribution in [3.8, 4) is 0 Å². The summed E-state index contributed by atoms with van der Waals surface area (Å²) in [7, 11) is 2.24. The van der Waals surface area contributed by atoms with Crippen molar-refractivity contribution in [1.82, 2.24) is 9.88 Å². The van der Waals surface area contributed by atoms with Gasteiger partial charge in [0.15, 0.2) is 0 Å². The average molecular weight is 256 g/mol. The summed E-state index contributed by atoms with van der Waals surface area (Å²) in [6.45, 7) is 9.06. The predicted octanol–water partition coefficient (Wildman–Crippen LogP) is 3.57. The molecule has 19 heavy (non-hydrogen) atoms. The topological polar surface area (TPSA) is 17.0 Å². The number of hydrogen-bond acceptors (Lipinski definition) is 1. The van der Waals surface area contributed by atoms with Gasteiger partial charge in [0.1, 0.15) is 0 Å². The van der Waals surface area contributed by atoms with Gasteiger partial charge in [0, 0.05) is 29.6 Å². The van der Waals surface area contributed by atoms with Crippen LogP contribution in [0.5, 0.6) is 0 Å². The second-order valence-electron chi connectivity index (χ2n) is 6.07. The van der Waals surface area contributed by atoms with E-state index in [0.29, 0.717) is 0 Å². The van der Waals surface area contributed by atoms with E-state index in [2.05, 4.69) is 49.8 Å². The molecule has 102 valence electrons. The Kier molecular flexibility index (Phi) is 3.14. The smallest absolute Gasteiger partial charge is 0.0488 e. The molecule has 1 aliphatic heterocycles. The summed E-state index contributed by atoms with van der Waals surface area (Å²) in [6, 6.07) is 4.64. The molecule has 0 spiro atoms. The van der Waals surface area contributed by atoms with Crippen LogP contribution in [0.1, 0.15) is 41.1 Å². The fourth-order valence-corrected chi connectivity index (χ4v) is 3.88. The highest BCUT2D eigenvalue weighted by molar-refractivity contribution is 5.89. The minimum absolute atomic E-state index is 0.721. The lowest BCUT2D eigenvalue weighted by Gasteiger charge is -2.24. The van der Waals surface area contributed by atoms with E-state index in [1.165, 1.54) is 40.4 Å². The first-order chi connectivity index (χ1) is 9.09. The van der Waals surface area contributed by atoms with Gasteiger partial charge in [0.25, 0.3) is 0 Å². The van der Waals surface area contributed by atoms with Crippen LogP contribution in [0.15, 0.2) is 12.1 Å². The van der Waals surface area contributed by atoms with Crippen LogP contribution in [0, 0.1) is 20.8 Å². The molecule has 1 aromatic carbocycles. The lowest BCUT2D eigenvalue weighted by atomic mass is 9.91. The predicted molar refractivity (Wildman–Crippen MR) is 82.0 cm³/mol. The van der Waals surface area contributed by atoms with E-state index >= 15 is 0 Å². The third kappa shape index (κ3) is 1.99. The molecule has 2 heteroatoms. The van der Waals surface area contributed by atoms with E-state index in [4.69, 9.17) is 0 Å². The van der Waals surface area contributed by atoms with Gasteiger partial charge in [-0.2, -0.15) is 0 Å². The molecule has 0 atom stereocenters. The Labute approximate surface area is 115 Å². The Morgan fingerprint density at radius 2 is 1.79 bits per heavy atom. The number of fused-ring (bicyclic) bond motifs is 1. The van der Waals surface area contributed by atoms with Gasteiger partial charge in [0.05, 0.1) is 0 Å². The maximum Gasteiger partial charge on any atom is 0.0488 e. The number of aryl methyl sites for hydroxylation is 4. The fourth-order valence-electron chi connectivity index (χ4n) is 3.88. The minimum atomic E-state index is 0.721. The van der Waals surface area contributed by atoms with Crippen molar-refractivity contribution in [3.63, 3.8) is 0 Å². The number of rotatable bonds is 1. The molecule has 0 aliphatic carbocycles. The summed E-state index contributed by atoms with van der Waals surface area (Å²) in [5.41, 5.74) is 7.25. The van der Waals surface area contributed by atoms with Crippen molar-refractivity contribution < 1.29 is 0 Å². The zero-order valence-corrected chi connectivity index (χ0v) is 12.5. The number of piperidine rings is 1. The summed E-state index contributed by atoms with van der Waals surface area (Å²) in [5, 5.41) is 4.94. The quantitative estimate of drug-likeness (QED) is 0.825. The summed E-state index contributed by atoms with van der Waals surface area (Å²) >= 11 is 0. The molecule has 1 aliphatic rings. The van der Waals surface area contributed by atoms with Crippen LogP contribution in [0.4, 0.5) is 0 Å². The Morgan fingerprint density at radius 3 is 2.47 bits per heavy atom. The molecule has 1 aromatic heterocycles. The maximum atomic E-state index is 3.47. The molecule has 2 heterocycles. The number of hydrogen-bond donors (Lipinski definition) is 1. The third-order valence-electron chi connectivity index (χ3n) is 4.67. The number of nitrogens with zero attached hydrogens (tertiary/aromatic N) is 1. The maximum absolute atomic E-state index is 3.47. The molecular formula is C17H24N2. The normalized spacial score (nSPS) is 17.3. The lowest BCUT2D eigenvalue weighted by Crippen LogP contribution is -2.27. The van der Waals surface area contributed by atoms with E-state index in [1.54, 1.807) is 5.69 Å². The Hall–Kier alpha value is -1.28. The Bertz CT molecular complexity index is 616. The van der Waals surface area contributed by atoms with Gasteiger partial charge < -0.3 is 9.88 Å². The molecule has 2 nitrogen and oxygen atoms in total. The monoisotopic (exact) mass is 256 g/mol. The fraction of sp³-hybridized carbons (Fsp3) is 0.529. The number of benzene rings is 1. The van der Waals surface area contributed by atoms with Crippen LogP contribution in [-0.4, -0.2) is 17.7 Å². The molecule has 0 bridgehead atoms. The zero-order chi connectivity index (χ0) is 13.6. The van der Waals surface area contributed by atoms with Gasteiger partial charge in [-0.15, -0.1) is 0 Å². The first-order valence-electron chi connectivity index (χ1n) is 7.36. The van der Waals surface area contributed by atoms with Crippen LogP contribution < -0.4 is 5.32 Å². The van der Waals surface area contributed by atoms with Gasteiger partial charge in [-0.25, -0.2) is 0 Å². The molecule has 3 rings (SSSR count). The molecule has 0 saturated carbocycles. The van der Waals surface area contributed by atoms with Crippen molar-refractivity contribution in [1.29, 1.82) is 0 Å². The Morgan fingerprint density at radius 1 is 1.11 bits per heavy atom. The largest absolute Gasteiger partial charge is 0.347 e. The highest BCUT2D eigenvalue weighted by Gasteiger charge is 2.23. The molecule has 1 fully saturated rings. The van der Waals surface area contributed by atoms with Crippen LogP contribution in [0.25, 0.3) is 10.9 Å². The van der Waals surface area contributed by atoms with Crippen molar-refractivity contribution in [2.45, 2.75) is 39.5 Å². The van der Waals surface area contributed by atoms with Crippen LogP contribution in [0.2, 0.25) is 0 Å². The molecule has 0 unspecified atom stereocenters. The van der Waals surface area contributed by atoms with Crippen LogP contribution >= 0.6 is 0 Å². The summed E-state index contributed by atoms with van der Waals surface area (Å²) in [4.78, 5) is 0. The number of nitrogens with one attached hydrogen (secondary N) is 1. The van der Waals surface area contributed by atoms with E-state index in [1.807, 2.05) is 0 Å². The SMILES string of the molecule is Cc1cc(C)c2c(C)c(C3CCNCC3)n(C)c2c1. The number of aromatic nitrogens is 1. The van der Waals surface area contributed by atoms with E-state index in [0.717, 1.165) is 19.0 Å².